The van der Waals surface area contributed by atoms with Crippen LogP contribution in [0.3, 0.4) is 0 Å². The Kier molecular flexibility index (Phi) is 5.37. The van der Waals surface area contributed by atoms with E-state index in [0.29, 0.717) is 18.0 Å². The number of carbonyl (C=O) groups is 2. The van der Waals surface area contributed by atoms with Gasteiger partial charge in [-0.2, -0.15) is 0 Å². The minimum atomic E-state index is -0.968. The van der Waals surface area contributed by atoms with E-state index in [1.54, 1.807) is 32.0 Å². The van der Waals surface area contributed by atoms with Gasteiger partial charge >= 0.3 is 12.0 Å². The zero-order valence-electron chi connectivity index (χ0n) is 11.9. The summed E-state index contributed by atoms with van der Waals surface area (Å²) in [5.41, 5.74) is -0.297. The number of hydrogen-bond donors (Lipinski definition) is 3. The molecule has 6 nitrogen and oxygen atoms in total. The summed E-state index contributed by atoms with van der Waals surface area (Å²) in [4.78, 5) is 22.6. The van der Waals surface area contributed by atoms with Crippen molar-refractivity contribution in [3.63, 3.8) is 0 Å². The molecule has 0 bridgehead atoms. The molecule has 0 saturated carbocycles. The SMILES string of the molecule is CCOc1ccccc1NC(=O)NC(C)(C)CC(=O)O. The highest BCUT2D eigenvalue weighted by Gasteiger charge is 2.24. The number of anilines is 1. The number of aliphatic carboxylic acids is 1. The molecule has 0 radical (unpaired) electrons. The molecule has 0 saturated heterocycles. The van der Waals surface area contributed by atoms with Crippen molar-refractivity contribution in [2.24, 2.45) is 0 Å². The van der Waals surface area contributed by atoms with Crippen molar-refractivity contribution in [3.8, 4) is 5.75 Å². The molecule has 0 unspecified atom stereocenters. The zero-order chi connectivity index (χ0) is 15.2. The second-order valence-corrected chi connectivity index (χ2v) is 4.96. The van der Waals surface area contributed by atoms with Gasteiger partial charge < -0.3 is 20.5 Å². The molecule has 0 aromatic heterocycles. The van der Waals surface area contributed by atoms with Crippen molar-refractivity contribution in [1.29, 1.82) is 0 Å². The summed E-state index contributed by atoms with van der Waals surface area (Å²) in [6.45, 7) is 5.64. The third kappa shape index (κ3) is 5.17. The van der Waals surface area contributed by atoms with Crippen LogP contribution in [0.1, 0.15) is 27.2 Å². The van der Waals surface area contributed by atoms with Gasteiger partial charge in [0.25, 0.3) is 0 Å². The van der Waals surface area contributed by atoms with Crippen LogP contribution in [0.5, 0.6) is 5.75 Å². The van der Waals surface area contributed by atoms with Gasteiger partial charge in [-0.1, -0.05) is 12.1 Å². The highest BCUT2D eigenvalue weighted by Crippen LogP contribution is 2.23. The summed E-state index contributed by atoms with van der Waals surface area (Å²) in [5, 5.41) is 14.0. The molecule has 20 heavy (non-hydrogen) atoms. The molecule has 0 fully saturated rings. The van der Waals surface area contributed by atoms with Crippen LogP contribution in [0.15, 0.2) is 24.3 Å². The van der Waals surface area contributed by atoms with Crippen LogP contribution >= 0.6 is 0 Å². The lowest BCUT2D eigenvalue weighted by atomic mass is 10.0. The quantitative estimate of drug-likeness (QED) is 0.747. The number of carboxylic acids is 1. The average Bonchev–Trinajstić information content (AvgIpc) is 2.29. The van der Waals surface area contributed by atoms with Gasteiger partial charge in [-0.3, -0.25) is 4.79 Å². The molecule has 3 N–H and O–H groups in total. The number of amides is 2. The molecule has 110 valence electrons. The van der Waals surface area contributed by atoms with Gasteiger partial charge in [0.05, 0.1) is 18.7 Å². The lowest BCUT2D eigenvalue weighted by Crippen LogP contribution is -2.46. The third-order valence-corrected chi connectivity index (χ3v) is 2.48. The van der Waals surface area contributed by atoms with Gasteiger partial charge in [0.2, 0.25) is 0 Å². The first-order valence-corrected chi connectivity index (χ1v) is 6.37. The van der Waals surface area contributed by atoms with Gasteiger partial charge in [-0.05, 0) is 32.9 Å². The largest absolute Gasteiger partial charge is 0.492 e. The minimum Gasteiger partial charge on any atom is -0.492 e. The first-order valence-electron chi connectivity index (χ1n) is 6.37. The van der Waals surface area contributed by atoms with Crippen molar-refractivity contribution >= 4 is 17.7 Å². The highest BCUT2D eigenvalue weighted by molar-refractivity contribution is 5.91. The number of urea groups is 1. The van der Waals surface area contributed by atoms with Crippen molar-refractivity contribution in [2.75, 3.05) is 11.9 Å². The summed E-state index contributed by atoms with van der Waals surface area (Å²) in [6.07, 6.45) is -0.159. The number of benzene rings is 1. The second-order valence-electron chi connectivity index (χ2n) is 4.96. The maximum atomic E-state index is 11.9. The second kappa shape index (κ2) is 6.79. The summed E-state index contributed by atoms with van der Waals surface area (Å²) in [7, 11) is 0. The van der Waals surface area contributed by atoms with Crippen LogP contribution in [0, 0.1) is 0 Å². The number of nitrogens with one attached hydrogen (secondary N) is 2. The molecule has 6 heteroatoms. The molecule has 2 amide bonds. The molecule has 0 heterocycles. The molecule has 1 aromatic carbocycles. The molecule has 0 aliphatic carbocycles. The Balaban J connectivity index is 2.69. The fourth-order valence-corrected chi connectivity index (χ4v) is 1.73. The van der Waals surface area contributed by atoms with Crippen molar-refractivity contribution in [1.82, 2.24) is 5.32 Å². The standard InChI is InChI=1S/C14H20N2O4/c1-4-20-11-8-6-5-7-10(11)15-13(19)16-14(2,3)9-12(17)18/h5-8H,4,9H2,1-3H3,(H,17,18)(H2,15,16,19). The van der Waals surface area contributed by atoms with Gasteiger partial charge in [-0.25, -0.2) is 4.79 Å². The van der Waals surface area contributed by atoms with Gasteiger partial charge in [0.1, 0.15) is 5.75 Å². The van der Waals surface area contributed by atoms with Crippen molar-refractivity contribution < 1.29 is 19.4 Å². The number of ether oxygens (including phenoxy) is 1. The Morgan fingerprint density at radius 3 is 2.55 bits per heavy atom. The van der Waals surface area contributed by atoms with Crippen LogP contribution < -0.4 is 15.4 Å². The average molecular weight is 280 g/mol. The Labute approximate surface area is 118 Å². The van der Waals surface area contributed by atoms with Crippen molar-refractivity contribution in [3.05, 3.63) is 24.3 Å². The predicted molar refractivity (Wildman–Crippen MR) is 76.1 cm³/mol. The lowest BCUT2D eigenvalue weighted by Gasteiger charge is -2.24. The number of rotatable bonds is 6. The van der Waals surface area contributed by atoms with Gasteiger partial charge in [0.15, 0.2) is 0 Å². The molecule has 0 spiro atoms. The van der Waals surface area contributed by atoms with E-state index >= 15 is 0 Å². The highest BCUT2D eigenvalue weighted by atomic mass is 16.5. The molecule has 1 aromatic rings. The maximum absolute atomic E-state index is 11.9. The van der Waals surface area contributed by atoms with E-state index in [0.717, 1.165) is 0 Å². The van der Waals surface area contributed by atoms with E-state index in [-0.39, 0.29) is 6.42 Å². The van der Waals surface area contributed by atoms with E-state index in [4.69, 9.17) is 9.84 Å². The molecule has 0 aliphatic heterocycles. The predicted octanol–water partition coefficient (Wildman–Crippen LogP) is 2.46. The molecule has 1 rings (SSSR count). The zero-order valence-corrected chi connectivity index (χ0v) is 11.9. The Hall–Kier alpha value is -2.24. The van der Waals surface area contributed by atoms with E-state index < -0.39 is 17.5 Å². The Bertz CT molecular complexity index is 486. The normalized spacial score (nSPS) is 10.8. The molecule has 0 aliphatic rings. The summed E-state index contributed by atoms with van der Waals surface area (Å²) in [6, 6.07) is 6.59. The van der Waals surface area contributed by atoms with E-state index in [1.807, 2.05) is 13.0 Å². The summed E-state index contributed by atoms with van der Waals surface area (Å²) in [5.74, 6) is -0.397. The minimum absolute atomic E-state index is 0.159. The monoisotopic (exact) mass is 280 g/mol. The summed E-state index contributed by atoms with van der Waals surface area (Å²) >= 11 is 0. The molecular formula is C14H20N2O4. The van der Waals surface area contributed by atoms with Crippen LogP contribution in [0.25, 0.3) is 0 Å². The maximum Gasteiger partial charge on any atom is 0.319 e. The van der Waals surface area contributed by atoms with Gasteiger partial charge in [-0.15, -0.1) is 0 Å². The lowest BCUT2D eigenvalue weighted by molar-refractivity contribution is -0.138. The number of para-hydroxylation sites is 2. The van der Waals surface area contributed by atoms with Gasteiger partial charge in [0, 0.05) is 5.54 Å². The topological polar surface area (TPSA) is 87.7 Å². The fraction of sp³-hybridized carbons (Fsp3) is 0.429. The first kappa shape index (κ1) is 15.8. The van der Waals surface area contributed by atoms with E-state index in [9.17, 15) is 9.59 Å². The van der Waals surface area contributed by atoms with Crippen molar-refractivity contribution in [2.45, 2.75) is 32.7 Å². The summed E-state index contributed by atoms with van der Waals surface area (Å²) < 4.78 is 5.40. The van der Waals surface area contributed by atoms with E-state index in [1.165, 1.54) is 0 Å². The third-order valence-electron chi connectivity index (χ3n) is 2.48. The number of carbonyl (C=O) groups excluding carboxylic acids is 1. The van der Waals surface area contributed by atoms with E-state index in [2.05, 4.69) is 10.6 Å². The molecule has 0 atom stereocenters. The molecular weight excluding hydrogens is 260 g/mol. The Morgan fingerprint density at radius 1 is 1.30 bits per heavy atom. The van der Waals surface area contributed by atoms with Crippen LogP contribution in [0.4, 0.5) is 10.5 Å². The number of carboxylic acid groups (broad SMARTS) is 1. The number of hydrogen-bond acceptors (Lipinski definition) is 3. The first-order chi connectivity index (χ1) is 9.34. The Morgan fingerprint density at radius 2 is 1.95 bits per heavy atom. The van der Waals surface area contributed by atoms with Crippen LogP contribution in [-0.2, 0) is 4.79 Å². The van der Waals surface area contributed by atoms with Crippen LogP contribution in [-0.4, -0.2) is 29.3 Å². The fourth-order valence-electron chi connectivity index (χ4n) is 1.73. The van der Waals surface area contributed by atoms with Crippen LogP contribution in [0.2, 0.25) is 0 Å². The smallest absolute Gasteiger partial charge is 0.319 e.